The van der Waals surface area contributed by atoms with Crippen LogP contribution in [0.15, 0.2) is 18.2 Å². The minimum atomic E-state index is -0.414. The third-order valence-electron chi connectivity index (χ3n) is 2.65. The molecule has 0 amide bonds. The van der Waals surface area contributed by atoms with Crippen LogP contribution in [0.25, 0.3) is 0 Å². The Morgan fingerprint density at radius 2 is 2.12 bits per heavy atom. The molecule has 90 valence electrons. The third kappa shape index (κ3) is 2.97. The molecule has 0 spiro atoms. The average Bonchev–Trinajstić information content (AvgIpc) is 2.22. The molecular formula is C13H21NO2. The summed E-state index contributed by atoms with van der Waals surface area (Å²) in [5.41, 5.74) is 2.18. The first-order valence-corrected chi connectivity index (χ1v) is 5.68. The summed E-state index contributed by atoms with van der Waals surface area (Å²) in [6, 6.07) is 5.97. The van der Waals surface area contributed by atoms with E-state index in [1.165, 1.54) is 0 Å². The molecule has 2 atom stereocenters. The first-order chi connectivity index (χ1) is 7.60. The summed E-state index contributed by atoms with van der Waals surface area (Å²) in [7, 11) is 1.85. The van der Waals surface area contributed by atoms with Gasteiger partial charge in [0.25, 0.3) is 0 Å². The van der Waals surface area contributed by atoms with Crippen molar-refractivity contribution in [2.75, 3.05) is 13.7 Å². The number of aliphatic hydroxyl groups is 1. The Balaban J connectivity index is 2.95. The summed E-state index contributed by atoms with van der Waals surface area (Å²) >= 11 is 0. The largest absolute Gasteiger partial charge is 0.494 e. The summed E-state index contributed by atoms with van der Waals surface area (Å²) in [4.78, 5) is 0. The number of nitrogens with one attached hydrogen (secondary N) is 1. The van der Waals surface area contributed by atoms with Crippen LogP contribution in [0.3, 0.4) is 0 Å². The number of ether oxygens (including phenoxy) is 1. The maximum Gasteiger partial charge on any atom is 0.122 e. The number of likely N-dealkylation sites (N-methyl/N-ethyl adjacent to an activating group) is 1. The highest BCUT2D eigenvalue weighted by molar-refractivity contribution is 5.37. The molecule has 0 fully saturated rings. The molecule has 0 saturated heterocycles. The van der Waals surface area contributed by atoms with Crippen LogP contribution in [-0.4, -0.2) is 24.9 Å². The SMILES string of the molecule is CCOc1ccc(C(NC)C(C)O)cc1C. The van der Waals surface area contributed by atoms with Gasteiger partial charge in [-0.15, -0.1) is 0 Å². The molecule has 0 heterocycles. The van der Waals surface area contributed by atoms with Gasteiger partial charge in [-0.3, -0.25) is 0 Å². The molecule has 1 aromatic rings. The predicted molar refractivity (Wildman–Crippen MR) is 65.8 cm³/mol. The molecule has 3 heteroatoms. The molecule has 0 saturated carbocycles. The number of rotatable bonds is 5. The van der Waals surface area contributed by atoms with Crippen LogP contribution in [0.4, 0.5) is 0 Å². The van der Waals surface area contributed by atoms with Gasteiger partial charge in [0.05, 0.1) is 18.8 Å². The highest BCUT2D eigenvalue weighted by atomic mass is 16.5. The Kier molecular flexibility index (Phi) is 4.77. The Hall–Kier alpha value is -1.06. The highest BCUT2D eigenvalue weighted by Gasteiger charge is 2.15. The molecule has 0 aliphatic carbocycles. The van der Waals surface area contributed by atoms with E-state index in [2.05, 4.69) is 11.4 Å². The Labute approximate surface area is 97.4 Å². The predicted octanol–water partition coefficient (Wildman–Crippen LogP) is 2.04. The Morgan fingerprint density at radius 3 is 2.56 bits per heavy atom. The minimum absolute atomic E-state index is 0.0330. The second-order valence-corrected chi connectivity index (χ2v) is 3.96. The molecule has 0 aromatic heterocycles. The van der Waals surface area contributed by atoms with Gasteiger partial charge in [0.2, 0.25) is 0 Å². The molecule has 3 nitrogen and oxygen atoms in total. The minimum Gasteiger partial charge on any atom is -0.494 e. The number of benzene rings is 1. The molecule has 0 aliphatic heterocycles. The monoisotopic (exact) mass is 223 g/mol. The highest BCUT2D eigenvalue weighted by Crippen LogP contribution is 2.24. The van der Waals surface area contributed by atoms with E-state index in [9.17, 15) is 5.11 Å². The van der Waals surface area contributed by atoms with Gasteiger partial charge in [0.1, 0.15) is 5.75 Å². The van der Waals surface area contributed by atoms with Crippen molar-refractivity contribution in [3.63, 3.8) is 0 Å². The van der Waals surface area contributed by atoms with E-state index in [-0.39, 0.29) is 6.04 Å². The van der Waals surface area contributed by atoms with Gasteiger partial charge >= 0.3 is 0 Å². The zero-order valence-corrected chi connectivity index (χ0v) is 10.4. The van der Waals surface area contributed by atoms with Gasteiger partial charge in [-0.1, -0.05) is 12.1 Å². The third-order valence-corrected chi connectivity index (χ3v) is 2.65. The topological polar surface area (TPSA) is 41.5 Å². The maximum atomic E-state index is 9.64. The molecule has 0 bridgehead atoms. The molecule has 0 radical (unpaired) electrons. The van der Waals surface area contributed by atoms with Crippen LogP contribution in [0.2, 0.25) is 0 Å². The molecule has 2 N–H and O–H groups in total. The number of aryl methyl sites for hydroxylation is 1. The fourth-order valence-electron chi connectivity index (χ4n) is 1.87. The molecule has 0 aliphatic rings. The first-order valence-electron chi connectivity index (χ1n) is 5.68. The molecule has 16 heavy (non-hydrogen) atoms. The van der Waals surface area contributed by atoms with Gasteiger partial charge in [0.15, 0.2) is 0 Å². The fraction of sp³-hybridized carbons (Fsp3) is 0.538. The van der Waals surface area contributed by atoms with Crippen LogP contribution >= 0.6 is 0 Å². The lowest BCUT2D eigenvalue weighted by Gasteiger charge is -2.20. The van der Waals surface area contributed by atoms with Crippen LogP contribution in [0.1, 0.15) is 31.0 Å². The van der Waals surface area contributed by atoms with E-state index in [4.69, 9.17) is 4.74 Å². The van der Waals surface area contributed by atoms with E-state index in [0.717, 1.165) is 16.9 Å². The lowest BCUT2D eigenvalue weighted by Crippen LogP contribution is -2.27. The quantitative estimate of drug-likeness (QED) is 0.802. The van der Waals surface area contributed by atoms with Crippen molar-refractivity contribution in [3.05, 3.63) is 29.3 Å². The summed E-state index contributed by atoms with van der Waals surface area (Å²) in [6.07, 6.45) is -0.414. The number of hydrogen-bond donors (Lipinski definition) is 2. The van der Waals surface area contributed by atoms with E-state index in [0.29, 0.717) is 6.61 Å². The van der Waals surface area contributed by atoms with Crippen LogP contribution < -0.4 is 10.1 Å². The Morgan fingerprint density at radius 1 is 1.44 bits per heavy atom. The standard InChI is InChI=1S/C13H21NO2/c1-5-16-12-7-6-11(8-9(12)2)13(14-4)10(3)15/h6-8,10,13-15H,5H2,1-4H3. The van der Waals surface area contributed by atoms with Crippen molar-refractivity contribution in [1.82, 2.24) is 5.32 Å². The van der Waals surface area contributed by atoms with Gasteiger partial charge in [0, 0.05) is 0 Å². The molecular weight excluding hydrogens is 202 g/mol. The van der Waals surface area contributed by atoms with Crippen molar-refractivity contribution >= 4 is 0 Å². The van der Waals surface area contributed by atoms with Crippen molar-refractivity contribution < 1.29 is 9.84 Å². The number of aliphatic hydroxyl groups excluding tert-OH is 1. The summed E-state index contributed by atoms with van der Waals surface area (Å²) in [6.45, 7) is 6.45. The van der Waals surface area contributed by atoms with E-state index in [1.54, 1.807) is 6.92 Å². The van der Waals surface area contributed by atoms with Crippen LogP contribution in [-0.2, 0) is 0 Å². The first kappa shape index (κ1) is 13.0. The average molecular weight is 223 g/mol. The molecule has 1 aromatic carbocycles. The second-order valence-electron chi connectivity index (χ2n) is 3.96. The van der Waals surface area contributed by atoms with E-state index < -0.39 is 6.10 Å². The maximum absolute atomic E-state index is 9.64. The van der Waals surface area contributed by atoms with Crippen molar-refractivity contribution in [2.24, 2.45) is 0 Å². The molecule has 1 rings (SSSR count). The smallest absolute Gasteiger partial charge is 0.122 e. The van der Waals surface area contributed by atoms with E-state index in [1.807, 2.05) is 33.0 Å². The van der Waals surface area contributed by atoms with Gasteiger partial charge in [-0.25, -0.2) is 0 Å². The molecule has 2 unspecified atom stereocenters. The zero-order valence-electron chi connectivity index (χ0n) is 10.4. The second kappa shape index (κ2) is 5.87. The van der Waals surface area contributed by atoms with Gasteiger partial charge in [-0.05, 0) is 45.0 Å². The number of hydrogen-bond acceptors (Lipinski definition) is 3. The lowest BCUT2D eigenvalue weighted by atomic mass is 10.0. The summed E-state index contributed by atoms with van der Waals surface area (Å²) < 4.78 is 5.48. The van der Waals surface area contributed by atoms with Crippen molar-refractivity contribution in [3.8, 4) is 5.75 Å². The Bertz CT molecular complexity index is 337. The van der Waals surface area contributed by atoms with E-state index >= 15 is 0 Å². The summed E-state index contributed by atoms with van der Waals surface area (Å²) in [5.74, 6) is 0.909. The van der Waals surface area contributed by atoms with Crippen molar-refractivity contribution in [1.29, 1.82) is 0 Å². The van der Waals surface area contributed by atoms with Gasteiger partial charge < -0.3 is 15.2 Å². The van der Waals surface area contributed by atoms with Crippen LogP contribution in [0, 0.1) is 6.92 Å². The lowest BCUT2D eigenvalue weighted by molar-refractivity contribution is 0.150. The zero-order chi connectivity index (χ0) is 12.1. The normalized spacial score (nSPS) is 14.6. The van der Waals surface area contributed by atoms with Crippen molar-refractivity contribution in [2.45, 2.75) is 32.9 Å². The van der Waals surface area contributed by atoms with Crippen LogP contribution in [0.5, 0.6) is 5.75 Å². The van der Waals surface area contributed by atoms with Gasteiger partial charge in [-0.2, -0.15) is 0 Å². The summed E-state index contributed by atoms with van der Waals surface area (Å²) in [5, 5.41) is 12.7. The fourth-order valence-corrected chi connectivity index (χ4v) is 1.87.